The zero-order chi connectivity index (χ0) is 15.2. The summed E-state index contributed by atoms with van der Waals surface area (Å²) in [6.45, 7) is -0.0436. The number of hydrogen-bond donors (Lipinski definition) is 1. The Morgan fingerprint density at radius 3 is 2.40 bits per heavy atom. The first kappa shape index (κ1) is 16.7. The maximum atomic E-state index is 12.4. The summed E-state index contributed by atoms with van der Waals surface area (Å²) < 4.78 is 37.2. The van der Waals surface area contributed by atoms with E-state index >= 15 is 0 Å². The lowest BCUT2D eigenvalue weighted by Gasteiger charge is -2.25. The van der Waals surface area contributed by atoms with Gasteiger partial charge < -0.3 is 5.11 Å². The van der Waals surface area contributed by atoms with Crippen molar-refractivity contribution >= 4 is 5.78 Å². The van der Waals surface area contributed by atoms with Crippen LogP contribution >= 0.6 is 0 Å². The fraction of sp³-hybridized carbons (Fsp3) is 0.500. The predicted molar refractivity (Wildman–Crippen MR) is 69.5 cm³/mol. The third-order valence-corrected chi connectivity index (χ3v) is 2.86. The van der Waals surface area contributed by atoms with Crippen LogP contribution in [0.25, 0.3) is 0 Å². The number of halogens is 3. The third kappa shape index (κ3) is 5.71. The Balaban J connectivity index is 2.66. The summed E-state index contributed by atoms with van der Waals surface area (Å²) in [6.07, 6.45) is -4.34. The number of carbonyl (C=O) groups is 1. The summed E-state index contributed by atoms with van der Waals surface area (Å²) in [5.74, 6) is -0.762. The number of aliphatic hydroxyl groups excluding tert-OH is 1. The number of nitrogens with zero attached hydrogens (tertiary/aromatic N) is 1. The molecule has 0 saturated carbocycles. The molecule has 0 bridgehead atoms. The second-order valence-corrected chi connectivity index (χ2v) is 4.71. The van der Waals surface area contributed by atoms with Crippen molar-refractivity contribution in [2.75, 3.05) is 26.2 Å². The van der Waals surface area contributed by atoms with Crippen molar-refractivity contribution in [3.05, 3.63) is 35.9 Å². The van der Waals surface area contributed by atoms with Crippen LogP contribution < -0.4 is 0 Å². The maximum absolute atomic E-state index is 12.4. The molecule has 1 aromatic carbocycles. The lowest BCUT2D eigenvalue weighted by atomic mass is 9.99. The number of alkyl halides is 3. The first-order valence-corrected chi connectivity index (χ1v) is 6.32. The molecule has 0 aliphatic heterocycles. The molecule has 1 N–H and O–H groups in total. The lowest BCUT2D eigenvalue weighted by molar-refractivity contribution is -0.147. The van der Waals surface area contributed by atoms with Crippen molar-refractivity contribution in [1.29, 1.82) is 0 Å². The Morgan fingerprint density at radius 1 is 1.30 bits per heavy atom. The van der Waals surface area contributed by atoms with Crippen LogP contribution in [0.4, 0.5) is 13.2 Å². The molecule has 1 unspecified atom stereocenters. The van der Waals surface area contributed by atoms with E-state index in [1.54, 1.807) is 37.3 Å². The molecule has 1 aromatic rings. The molecule has 0 fully saturated rings. The van der Waals surface area contributed by atoms with Gasteiger partial charge in [0.05, 0.1) is 13.2 Å². The van der Waals surface area contributed by atoms with Gasteiger partial charge in [-0.05, 0) is 0 Å². The van der Waals surface area contributed by atoms with Crippen LogP contribution in [-0.2, 0) is 0 Å². The summed E-state index contributed by atoms with van der Waals surface area (Å²) in [5, 5.41) is 8.81. The van der Waals surface area contributed by atoms with Gasteiger partial charge in [-0.2, -0.15) is 13.2 Å². The van der Waals surface area contributed by atoms with Gasteiger partial charge in [0.2, 0.25) is 0 Å². The minimum absolute atomic E-state index is 0.0339. The van der Waals surface area contributed by atoms with E-state index in [0.29, 0.717) is 5.56 Å². The molecule has 0 aliphatic rings. The van der Waals surface area contributed by atoms with Crippen LogP contribution in [0.3, 0.4) is 0 Å². The molecule has 0 aromatic heterocycles. The maximum Gasteiger partial charge on any atom is 0.401 e. The smallest absolute Gasteiger partial charge is 0.395 e. The molecule has 0 saturated heterocycles. The number of carbonyl (C=O) groups excluding carboxylic acids is 1. The van der Waals surface area contributed by atoms with E-state index in [4.69, 9.17) is 5.11 Å². The third-order valence-electron chi connectivity index (χ3n) is 2.86. The molecule has 0 radical (unpaired) electrons. The van der Waals surface area contributed by atoms with Crippen LogP contribution in [0.1, 0.15) is 17.3 Å². The Morgan fingerprint density at radius 2 is 1.90 bits per heavy atom. The molecule has 0 spiro atoms. The summed E-state index contributed by atoms with van der Waals surface area (Å²) in [5.41, 5.74) is 0.482. The largest absolute Gasteiger partial charge is 0.401 e. The SMILES string of the molecule is CC(CN(CCO)CC(F)(F)F)C(=O)c1ccccc1. The first-order valence-electron chi connectivity index (χ1n) is 6.32. The van der Waals surface area contributed by atoms with Gasteiger partial charge in [-0.15, -0.1) is 0 Å². The molecular formula is C14H18F3NO2. The minimum atomic E-state index is -4.34. The highest BCUT2D eigenvalue weighted by molar-refractivity contribution is 5.97. The van der Waals surface area contributed by atoms with Crippen molar-refractivity contribution in [1.82, 2.24) is 4.90 Å². The van der Waals surface area contributed by atoms with Crippen molar-refractivity contribution < 1.29 is 23.1 Å². The molecule has 112 valence electrons. The highest BCUT2D eigenvalue weighted by Gasteiger charge is 2.31. The minimum Gasteiger partial charge on any atom is -0.395 e. The fourth-order valence-corrected chi connectivity index (χ4v) is 1.99. The fourth-order valence-electron chi connectivity index (χ4n) is 1.99. The molecule has 0 aliphatic carbocycles. The van der Waals surface area contributed by atoms with Crippen molar-refractivity contribution in [2.24, 2.45) is 5.92 Å². The molecule has 20 heavy (non-hydrogen) atoms. The quantitative estimate of drug-likeness (QED) is 0.783. The van der Waals surface area contributed by atoms with E-state index in [1.165, 1.54) is 0 Å². The van der Waals surface area contributed by atoms with Crippen LogP contribution in [0.2, 0.25) is 0 Å². The number of ketones is 1. The monoisotopic (exact) mass is 289 g/mol. The molecular weight excluding hydrogens is 271 g/mol. The Hall–Kier alpha value is -1.40. The van der Waals surface area contributed by atoms with Gasteiger partial charge in [0, 0.05) is 24.6 Å². The standard InChI is InChI=1S/C14H18F3NO2/c1-11(13(20)12-5-3-2-4-6-12)9-18(7-8-19)10-14(15,16)17/h2-6,11,19H,7-10H2,1H3. The van der Waals surface area contributed by atoms with Crippen LogP contribution in [0.15, 0.2) is 30.3 Å². The van der Waals surface area contributed by atoms with Crippen molar-refractivity contribution in [2.45, 2.75) is 13.1 Å². The van der Waals surface area contributed by atoms with E-state index in [2.05, 4.69) is 0 Å². The van der Waals surface area contributed by atoms with Gasteiger partial charge >= 0.3 is 6.18 Å². The molecule has 0 amide bonds. The van der Waals surface area contributed by atoms with E-state index in [9.17, 15) is 18.0 Å². The second-order valence-electron chi connectivity index (χ2n) is 4.71. The second kappa shape index (κ2) is 7.40. The normalized spacial score (nSPS) is 13.5. The number of benzene rings is 1. The van der Waals surface area contributed by atoms with Gasteiger partial charge in [0.1, 0.15) is 0 Å². The van der Waals surface area contributed by atoms with Gasteiger partial charge in [0.25, 0.3) is 0 Å². The summed E-state index contributed by atoms with van der Waals surface area (Å²) in [7, 11) is 0. The lowest BCUT2D eigenvalue weighted by Crippen LogP contribution is -2.40. The van der Waals surface area contributed by atoms with Gasteiger partial charge in [-0.1, -0.05) is 37.3 Å². The van der Waals surface area contributed by atoms with Crippen LogP contribution in [-0.4, -0.2) is 48.2 Å². The van der Waals surface area contributed by atoms with E-state index in [-0.39, 0.29) is 25.5 Å². The number of Topliss-reactive ketones (excluding diaryl/α,β-unsaturated/α-hetero) is 1. The van der Waals surface area contributed by atoms with E-state index < -0.39 is 18.6 Å². The predicted octanol–water partition coefficient (Wildman–Crippen LogP) is 2.36. The molecule has 0 heterocycles. The van der Waals surface area contributed by atoms with Gasteiger partial charge in [-0.25, -0.2) is 0 Å². The Kier molecular flexibility index (Phi) is 6.16. The highest BCUT2D eigenvalue weighted by atomic mass is 19.4. The molecule has 6 heteroatoms. The first-order chi connectivity index (χ1) is 9.33. The number of rotatable bonds is 7. The molecule has 1 atom stereocenters. The van der Waals surface area contributed by atoms with Crippen LogP contribution in [0.5, 0.6) is 0 Å². The van der Waals surface area contributed by atoms with E-state index in [0.717, 1.165) is 4.90 Å². The van der Waals surface area contributed by atoms with Gasteiger partial charge in [-0.3, -0.25) is 9.69 Å². The van der Waals surface area contributed by atoms with Crippen molar-refractivity contribution in [3.8, 4) is 0 Å². The number of aliphatic hydroxyl groups is 1. The average Bonchev–Trinajstić information content (AvgIpc) is 2.37. The topological polar surface area (TPSA) is 40.5 Å². The Bertz CT molecular complexity index is 420. The number of hydrogen-bond acceptors (Lipinski definition) is 3. The van der Waals surface area contributed by atoms with E-state index in [1.807, 2.05) is 0 Å². The zero-order valence-corrected chi connectivity index (χ0v) is 11.2. The molecule has 3 nitrogen and oxygen atoms in total. The van der Waals surface area contributed by atoms with Gasteiger partial charge in [0.15, 0.2) is 5.78 Å². The Labute approximate surface area is 116 Å². The zero-order valence-electron chi connectivity index (χ0n) is 11.2. The van der Waals surface area contributed by atoms with Crippen molar-refractivity contribution in [3.63, 3.8) is 0 Å². The average molecular weight is 289 g/mol. The van der Waals surface area contributed by atoms with Crippen LogP contribution in [0, 0.1) is 5.92 Å². The summed E-state index contributed by atoms with van der Waals surface area (Å²) in [6, 6.07) is 8.46. The highest BCUT2D eigenvalue weighted by Crippen LogP contribution is 2.18. The summed E-state index contributed by atoms with van der Waals surface area (Å²) >= 11 is 0. The molecule has 1 rings (SSSR count). The summed E-state index contributed by atoms with van der Waals surface area (Å²) in [4.78, 5) is 13.1.